The highest BCUT2D eigenvalue weighted by atomic mass is 127. The molecule has 0 unspecified atom stereocenters. The number of aromatic nitrogens is 3. The van der Waals surface area contributed by atoms with Gasteiger partial charge in [-0.3, -0.25) is 4.57 Å². The van der Waals surface area contributed by atoms with Gasteiger partial charge in [-0.05, 0) is 52.9 Å². The second-order valence-corrected chi connectivity index (χ2v) is 5.31. The first-order valence-corrected chi connectivity index (χ1v) is 6.83. The summed E-state index contributed by atoms with van der Waals surface area (Å²) in [5, 5.41) is 0. The topological polar surface area (TPSA) is 56.7 Å². The van der Waals surface area contributed by atoms with Crippen molar-refractivity contribution in [3.63, 3.8) is 0 Å². The Labute approximate surface area is 124 Å². The number of anilines is 1. The standard InChI is InChI=1S/C14H11IN4/c15-10-3-1-4-11(7-10)19-9-17-8-13(19)12-5-2-6-18-14(12)16/h1-9H,(H2,16,18). The summed E-state index contributed by atoms with van der Waals surface area (Å²) in [5.74, 6) is 0.509. The van der Waals surface area contributed by atoms with Crippen molar-refractivity contribution >= 4 is 28.4 Å². The maximum absolute atomic E-state index is 5.93. The second kappa shape index (κ2) is 5.00. The first-order chi connectivity index (χ1) is 9.25. The van der Waals surface area contributed by atoms with Crippen LogP contribution in [-0.2, 0) is 0 Å². The molecule has 0 fully saturated rings. The van der Waals surface area contributed by atoms with Crippen LogP contribution in [0.25, 0.3) is 16.9 Å². The van der Waals surface area contributed by atoms with Crippen LogP contribution in [0.15, 0.2) is 55.1 Å². The summed E-state index contributed by atoms with van der Waals surface area (Å²) >= 11 is 2.29. The molecule has 0 aliphatic rings. The van der Waals surface area contributed by atoms with Crippen LogP contribution in [0.4, 0.5) is 5.82 Å². The zero-order valence-electron chi connectivity index (χ0n) is 9.99. The van der Waals surface area contributed by atoms with Gasteiger partial charge in [0.1, 0.15) is 5.82 Å². The molecule has 0 radical (unpaired) electrons. The Hall–Kier alpha value is -1.89. The van der Waals surface area contributed by atoms with E-state index in [0.717, 1.165) is 16.9 Å². The molecule has 0 amide bonds. The molecule has 0 bridgehead atoms. The number of nitrogens with zero attached hydrogens (tertiary/aromatic N) is 3. The van der Waals surface area contributed by atoms with Crippen LogP contribution in [0.3, 0.4) is 0 Å². The van der Waals surface area contributed by atoms with Crippen molar-refractivity contribution in [2.75, 3.05) is 5.73 Å². The highest BCUT2D eigenvalue weighted by Gasteiger charge is 2.10. The van der Waals surface area contributed by atoms with Crippen LogP contribution >= 0.6 is 22.6 Å². The minimum Gasteiger partial charge on any atom is -0.383 e. The molecule has 2 aromatic heterocycles. The molecular weight excluding hydrogens is 351 g/mol. The lowest BCUT2D eigenvalue weighted by atomic mass is 10.2. The van der Waals surface area contributed by atoms with Gasteiger partial charge >= 0.3 is 0 Å². The number of halogens is 1. The Kier molecular flexibility index (Phi) is 3.20. The summed E-state index contributed by atoms with van der Waals surface area (Å²) in [4.78, 5) is 8.35. The third-order valence-corrected chi connectivity index (χ3v) is 3.51. The summed E-state index contributed by atoms with van der Waals surface area (Å²) in [6.45, 7) is 0. The molecule has 0 aliphatic heterocycles. The molecule has 0 atom stereocenters. The van der Waals surface area contributed by atoms with E-state index in [-0.39, 0.29) is 0 Å². The number of benzene rings is 1. The molecule has 0 saturated heterocycles. The fourth-order valence-corrected chi connectivity index (χ4v) is 2.49. The van der Waals surface area contributed by atoms with E-state index < -0.39 is 0 Å². The van der Waals surface area contributed by atoms with Gasteiger partial charge in [0.25, 0.3) is 0 Å². The third kappa shape index (κ3) is 2.33. The molecule has 2 heterocycles. The number of nitrogen functional groups attached to an aromatic ring is 1. The number of imidazole rings is 1. The Morgan fingerprint density at radius 3 is 2.84 bits per heavy atom. The third-order valence-electron chi connectivity index (χ3n) is 2.84. The van der Waals surface area contributed by atoms with Crippen molar-refractivity contribution < 1.29 is 0 Å². The summed E-state index contributed by atoms with van der Waals surface area (Å²) in [6.07, 6.45) is 5.27. The summed E-state index contributed by atoms with van der Waals surface area (Å²) in [5.41, 5.74) is 8.82. The van der Waals surface area contributed by atoms with Crippen molar-refractivity contribution in [3.05, 3.63) is 58.7 Å². The molecule has 0 spiro atoms. The molecule has 2 N–H and O–H groups in total. The van der Waals surface area contributed by atoms with E-state index in [4.69, 9.17) is 5.73 Å². The Morgan fingerprint density at radius 2 is 2.05 bits per heavy atom. The number of rotatable bonds is 2. The molecule has 94 valence electrons. The highest BCUT2D eigenvalue weighted by molar-refractivity contribution is 14.1. The fourth-order valence-electron chi connectivity index (χ4n) is 1.96. The maximum atomic E-state index is 5.93. The predicted octanol–water partition coefficient (Wildman–Crippen LogP) is 3.12. The highest BCUT2D eigenvalue weighted by Crippen LogP contribution is 2.26. The Balaban J connectivity index is 2.16. The van der Waals surface area contributed by atoms with E-state index in [1.165, 1.54) is 3.57 Å². The van der Waals surface area contributed by atoms with E-state index in [0.29, 0.717) is 5.82 Å². The van der Waals surface area contributed by atoms with E-state index in [1.54, 1.807) is 18.7 Å². The second-order valence-electron chi connectivity index (χ2n) is 4.06. The van der Waals surface area contributed by atoms with Crippen molar-refractivity contribution in [3.8, 4) is 16.9 Å². The molecule has 3 rings (SSSR count). The van der Waals surface area contributed by atoms with E-state index in [2.05, 4.69) is 44.7 Å². The van der Waals surface area contributed by atoms with Crippen molar-refractivity contribution in [1.29, 1.82) is 0 Å². The maximum Gasteiger partial charge on any atom is 0.132 e. The molecule has 0 aliphatic carbocycles. The monoisotopic (exact) mass is 362 g/mol. The predicted molar refractivity (Wildman–Crippen MR) is 83.9 cm³/mol. The van der Waals surface area contributed by atoms with Gasteiger partial charge < -0.3 is 5.73 Å². The van der Waals surface area contributed by atoms with Crippen molar-refractivity contribution in [2.45, 2.75) is 0 Å². The first-order valence-electron chi connectivity index (χ1n) is 5.75. The molecule has 1 aromatic carbocycles. The number of nitrogens with two attached hydrogens (primary N) is 1. The van der Waals surface area contributed by atoms with E-state index in [9.17, 15) is 0 Å². The smallest absolute Gasteiger partial charge is 0.132 e. The molecule has 3 aromatic rings. The number of hydrogen-bond acceptors (Lipinski definition) is 3. The van der Waals surface area contributed by atoms with Crippen molar-refractivity contribution in [2.24, 2.45) is 0 Å². The van der Waals surface area contributed by atoms with Crippen LogP contribution in [0.5, 0.6) is 0 Å². The van der Waals surface area contributed by atoms with Gasteiger partial charge in [-0.15, -0.1) is 0 Å². The largest absolute Gasteiger partial charge is 0.383 e. The van der Waals surface area contributed by atoms with Crippen LogP contribution in [0, 0.1) is 3.57 Å². The average Bonchev–Trinajstić information content (AvgIpc) is 2.88. The summed E-state index contributed by atoms with van der Waals surface area (Å²) in [6, 6.07) is 12.0. The summed E-state index contributed by atoms with van der Waals surface area (Å²) < 4.78 is 3.18. The molecule has 0 saturated carbocycles. The quantitative estimate of drug-likeness (QED) is 0.713. The SMILES string of the molecule is Nc1ncccc1-c1cncn1-c1cccc(I)c1. The van der Waals surface area contributed by atoms with Gasteiger partial charge in [-0.2, -0.15) is 0 Å². The number of hydrogen-bond donors (Lipinski definition) is 1. The van der Waals surface area contributed by atoms with E-state index in [1.807, 2.05) is 28.8 Å². The first kappa shape index (κ1) is 12.2. The normalized spacial score (nSPS) is 10.6. The molecule has 4 nitrogen and oxygen atoms in total. The average molecular weight is 362 g/mol. The Morgan fingerprint density at radius 1 is 1.16 bits per heavy atom. The van der Waals surface area contributed by atoms with Crippen LogP contribution < -0.4 is 5.73 Å². The molecule has 5 heteroatoms. The number of pyridine rings is 1. The lowest BCUT2D eigenvalue weighted by Crippen LogP contribution is -1.99. The van der Waals surface area contributed by atoms with Crippen LogP contribution in [0.2, 0.25) is 0 Å². The van der Waals surface area contributed by atoms with Crippen molar-refractivity contribution in [1.82, 2.24) is 14.5 Å². The molecule has 19 heavy (non-hydrogen) atoms. The van der Waals surface area contributed by atoms with Gasteiger partial charge in [-0.1, -0.05) is 6.07 Å². The van der Waals surface area contributed by atoms with E-state index >= 15 is 0 Å². The van der Waals surface area contributed by atoms with Crippen LogP contribution in [0.1, 0.15) is 0 Å². The molecular formula is C14H11IN4. The van der Waals surface area contributed by atoms with Crippen LogP contribution in [-0.4, -0.2) is 14.5 Å². The lowest BCUT2D eigenvalue weighted by molar-refractivity contribution is 1.06. The van der Waals surface area contributed by atoms with Gasteiger partial charge in [0.05, 0.1) is 18.2 Å². The summed E-state index contributed by atoms with van der Waals surface area (Å²) in [7, 11) is 0. The van der Waals surface area contributed by atoms with Gasteiger partial charge in [-0.25, -0.2) is 9.97 Å². The van der Waals surface area contributed by atoms with Gasteiger partial charge in [0.2, 0.25) is 0 Å². The van der Waals surface area contributed by atoms with Gasteiger partial charge in [0, 0.05) is 21.0 Å². The zero-order valence-corrected chi connectivity index (χ0v) is 12.2. The minimum atomic E-state index is 0.509. The van der Waals surface area contributed by atoms with Gasteiger partial charge in [0.15, 0.2) is 0 Å². The Bertz CT molecular complexity index is 721. The minimum absolute atomic E-state index is 0.509. The fraction of sp³-hybridized carbons (Fsp3) is 0. The zero-order chi connectivity index (χ0) is 13.2. The lowest BCUT2D eigenvalue weighted by Gasteiger charge is -2.09.